The Kier molecular flexibility index (Phi) is 3.86. The van der Waals surface area contributed by atoms with Crippen LogP contribution in [0.5, 0.6) is 11.5 Å². The molecule has 2 aliphatic heterocycles. The Bertz CT molecular complexity index is 1050. The molecule has 0 saturated carbocycles. The second-order valence-corrected chi connectivity index (χ2v) is 6.72. The molecule has 7 heteroatoms. The number of aromatic nitrogens is 3. The van der Waals surface area contributed by atoms with Gasteiger partial charge in [0, 0.05) is 43.2 Å². The van der Waals surface area contributed by atoms with E-state index in [1.807, 2.05) is 24.3 Å². The maximum atomic E-state index is 12.5. The number of hydrogen-bond donors (Lipinski definition) is 1. The van der Waals surface area contributed by atoms with E-state index in [0.29, 0.717) is 18.8 Å². The van der Waals surface area contributed by atoms with Crippen molar-refractivity contribution in [2.75, 3.05) is 13.3 Å². The van der Waals surface area contributed by atoms with E-state index in [-0.39, 0.29) is 12.4 Å². The van der Waals surface area contributed by atoms with Crippen molar-refractivity contribution in [3.63, 3.8) is 0 Å². The van der Waals surface area contributed by atoms with Gasteiger partial charge in [0.05, 0.1) is 5.69 Å². The van der Waals surface area contributed by atoms with Gasteiger partial charge in [-0.15, -0.1) is 0 Å². The van der Waals surface area contributed by atoms with Crippen LogP contribution in [-0.2, 0) is 19.5 Å². The van der Waals surface area contributed by atoms with E-state index < -0.39 is 0 Å². The molecule has 1 N–H and O–H groups in total. The van der Waals surface area contributed by atoms with Gasteiger partial charge in [-0.05, 0) is 36.2 Å². The molecule has 136 valence electrons. The molecule has 27 heavy (non-hydrogen) atoms. The molecule has 0 bridgehead atoms. The molecule has 2 aromatic heterocycles. The quantitative estimate of drug-likeness (QED) is 0.769. The van der Waals surface area contributed by atoms with E-state index in [9.17, 15) is 4.79 Å². The fraction of sp³-hybridized carbons (Fsp3) is 0.250. The highest BCUT2D eigenvalue weighted by atomic mass is 16.7. The highest BCUT2D eigenvalue weighted by Gasteiger charge is 2.22. The van der Waals surface area contributed by atoms with Crippen molar-refractivity contribution in [3.8, 4) is 22.9 Å². The molecular weight excluding hydrogens is 344 g/mol. The number of pyridine rings is 1. The van der Waals surface area contributed by atoms with Gasteiger partial charge < -0.3 is 14.5 Å². The monoisotopic (exact) mass is 362 g/mol. The van der Waals surface area contributed by atoms with Crippen molar-refractivity contribution < 1.29 is 9.47 Å². The van der Waals surface area contributed by atoms with E-state index in [1.165, 1.54) is 0 Å². The van der Waals surface area contributed by atoms with Crippen molar-refractivity contribution in [2.45, 2.75) is 19.5 Å². The average molecular weight is 362 g/mol. The van der Waals surface area contributed by atoms with Crippen molar-refractivity contribution >= 4 is 0 Å². The van der Waals surface area contributed by atoms with Crippen molar-refractivity contribution in [1.82, 2.24) is 19.9 Å². The minimum atomic E-state index is -0.0467. The first-order valence-electron chi connectivity index (χ1n) is 8.89. The molecule has 0 aliphatic carbocycles. The summed E-state index contributed by atoms with van der Waals surface area (Å²) in [5.41, 5.74) is 3.60. The van der Waals surface area contributed by atoms with Gasteiger partial charge in [0.2, 0.25) is 6.79 Å². The summed E-state index contributed by atoms with van der Waals surface area (Å²) in [5, 5.41) is 0. The molecule has 0 saturated heterocycles. The normalized spacial score (nSPS) is 15.6. The largest absolute Gasteiger partial charge is 0.454 e. The third-order valence-electron chi connectivity index (χ3n) is 4.95. The predicted octanol–water partition coefficient (Wildman–Crippen LogP) is 2.12. The summed E-state index contributed by atoms with van der Waals surface area (Å²) in [6.07, 6.45) is 4.08. The smallest absolute Gasteiger partial charge is 0.254 e. The van der Waals surface area contributed by atoms with Gasteiger partial charge in [-0.25, -0.2) is 4.98 Å². The van der Waals surface area contributed by atoms with Gasteiger partial charge in [-0.3, -0.25) is 14.7 Å². The third kappa shape index (κ3) is 3.06. The number of benzene rings is 1. The zero-order valence-corrected chi connectivity index (χ0v) is 14.6. The molecular formula is C20H18N4O3. The maximum absolute atomic E-state index is 12.5. The second-order valence-electron chi connectivity index (χ2n) is 6.72. The van der Waals surface area contributed by atoms with E-state index >= 15 is 0 Å². The molecule has 0 radical (unpaired) electrons. The van der Waals surface area contributed by atoms with E-state index in [4.69, 9.17) is 14.5 Å². The Morgan fingerprint density at radius 1 is 1.11 bits per heavy atom. The molecule has 4 heterocycles. The summed E-state index contributed by atoms with van der Waals surface area (Å²) < 4.78 is 10.8. The minimum Gasteiger partial charge on any atom is -0.454 e. The number of rotatable bonds is 3. The van der Waals surface area contributed by atoms with Crippen LogP contribution in [0.2, 0.25) is 0 Å². The first-order valence-corrected chi connectivity index (χ1v) is 8.89. The summed E-state index contributed by atoms with van der Waals surface area (Å²) in [6, 6.07) is 9.71. The molecule has 0 atom stereocenters. The first-order chi connectivity index (χ1) is 13.3. The number of nitrogens with zero attached hydrogens (tertiary/aromatic N) is 3. The number of H-pyrrole nitrogens is 1. The van der Waals surface area contributed by atoms with Crippen LogP contribution in [0.15, 0.2) is 47.5 Å². The molecule has 0 unspecified atom stereocenters. The second kappa shape index (κ2) is 6.51. The van der Waals surface area contributed by atoms with Gasteiger partial charge in [-0.1, -0.05) is 6.07 Å². The highest BCUT2D eigenvalue weighted by Crippen LogP contribution is 2.33. The molecule has 0 amide bonds. The van der Waals surface area contributed by atoms with Crippen molar-refractivity contribution in [2.24, 2.45) is 0 Å². The number of fused-ring (bicyclic) bond motifs is 2. The highest BCUT2D eigenvalue weighted by molar-refractivity contribution is 5.54. The Balaban J connectivity index is 1.40. The molecule has 0 spiro atoms. The van der Waals surface area contributed by atoms with Crippen LogP contribution in [-0.4, -0.2) is 33.2 Å². The van der Waals surface area contributed by atoms with Crippen molar-refractivity contribution in [3.05, 3.63) is 69.9 Å². The Morgan fingerprint density at radius 3 is 2.85 bits per heavy atom. The average Bonchev–Trinajstić information content (AvgIpc) is 3.16. The van der Waals surface area contributed by atoms with Crippen LogP contribution in [0.3, 0.4) is 0 Å². The van der Waals surface area contributed by atoms with Gasteiger partial charge in [0.25, 0.3) is 5.56 Å². The van der Waals surface area contributed by atoms with Gasteiger partial charge in [0.1, 0.15) is 5.82 Å². The molecule has 2 aliphatic rings. The molecule has 0 fully saturated rings. The van der Waals surface area contributed by atoms with Gasteiger partial charge in [-0.2, -0.15) is 0 Å². The summed E-state index contributed by atoms with van der Waals surface area (Å²) in [4.78, 5) is 26.4. The summed E-state index contributed by atoms with van der Waals surface area (Å²) in [6.45, 7) is 2.52. The number of aromatic amines is 1. The summed E-state index contributed by atoms with van der Waals surface area (Å²) in [7, 11) is 0. The summed E-state index contributed by atoms with van der Waals surface area (Å²) >= 11 is 0. The lowest BCUT2D eigenvalue weighted by Crippen LogP contribution is -2.35. The van der Waals surface area contributed by atoms with Crippen LogP contribution in [0.4, 0.5) is 0 Å². The van der Waals surface area contributed by atoms with Crippen LogP contribution in [0.25, 0.3) is 11.4 Å². The van der Waals surface area contributed by atoms with Crippen LogP contribution in [0.1, 0.15) is 16.8 Å². The Morgan fingerprint density at radius 2 is 1.96 bits per heavy atom. The predicted molar refractivity (Wildman–Crippen MR) is 98.5 cm³/mol. The van der Waals surface area contributed by atoms with Crippen LogP contribution >= 0.6 is 0 Å². The standard InChI is InChI=1S/C20H18N4O3/c25-20-15-5-8-24(10-13-1-2-17-18(9-13)27-12-26-17)11-16(15)22-19(23-20)14-3-6-21-7-4-14/h1-4,6-7,9H,5,8,10-12H2,(H,22,23,25). The first kappa shape index (κ1) is 16.0. The number of hydrogen-bond acceptors (Lipinski definition) is 6. The minimum absolute atomic E-state index is 0.0467. The SMILES string of the molecule is O=c1[nH]c(-c2ccncc2)nc2c1CCN(Cc1ccc3c(c1)OCO3)C2. The number of nitrogens with one attached hydrogen (secondary N) is 1. The third-order valence-corrected chi connectivity index (χ3v) is 4.95. The fourth-order valence-corrected chi connectivity index (χ4v) is 3.57. The fourth-order valence-electron chi connectivity index (χ4n) is 3.57. The molecule has 3 aromatic rings. The lowest BCUT2D eigenvalue weighted by molar-refractivity contribution is 0.174. The lowest BCUT2D eigenvalue weighted by atomic mass is 10.0. The van der Waals surface area contributed by atoms with E-state index in [0.717, 1.165) is 47.0 Å². The molecule has 7 nitrogen and oxygen atoms in total. The van der Waals surface area contributed by atoms with E-state index in [1.54, 1.807) is 12.4 Å². The van der Waals surface area contributed by atoms with Gasteiger partial charge in [0.15, 0.2) is 11.5 Å². The van der Waals surface area contributed by atoms with E-state index in [2.05, 4.69) is 20.9 Å². The van der Waals surface area contributed by atoms with Crippen LogP contribution < -0.4 is 15.0 Å². The zero-order chi connectivity index (χ0) is 18.2. The topological polar surface area (TPSA) is 80.3 Å². The Labute approximate surface area is 155 Å². The molecule has 1 aromatic carbocycles. The lowest BCUT2D eigenvalue weighted by Gasteiger charge is -2.27. The van der Waals surface area contributed by atoms with Gasteiger partial charge >= 0.3 is 0 Å². The maximum Gasteiger partial charge on any atom is 0.254 e. The Hall–Kier alpha value is -3.19. The van der Waals surface area contributed by atoms with Crippen LogP contribution in [0, 0.1) is 0 Å². The van der Waals surface area contributed by atoms with Crippen molar-refractivity contribution in [1.29, 1.82) is 0 Å². The zero-order valence-electron chi connectivity index (χ0n) is 14.6. The summed E-state index contributed by atoms with van der Waals surface area (Å²) in [5.74, 6) is 2.17. The number of ether oxygens (including phenoxy) is 2. The molecule has 5 rings (SSSR count).